The van der Waals surface area contributed by atoms with Crippen LogP contribution in [-0.4, -0.2) is 44.0 Å². The molecular formula is C16H20N4O2S. The smallest absolute Gasteiger partial charge is 0.210 e. The molecule has 2 heterocycles. The van der Waals surface area contributed by atoms with Crippen molar-refractivity contribution < 1.29 is 9.53 Å². The number of tetrazole rings is 1. The molecule has 2 unspecified atom stereocenters. The quantitative estimate of drug-likeness (QED) is 0.598. The van der Waals surface area contributed by atoms with Gasteiger partial charge in [-0.15, -0.1) is 5.10 Å². The number of hydrogen-bond acceptors (Lipinski definition) is 6. The number of carbonyl (C=O) groups is 1. The van der Waals surface area contributed by atoms with E-state index in [1.54, 1.807) is 4.68 Å². The minimum atomic E-state index is -0.244. The van der Waals surface area contributed by atoms with E-state index in [9.17, 15) is 4.79 Å². The van der Waals surface area contributed by atoms with Crippen molar-refractivity contribution in [2.45, 2.75) is 49.7 Å². The SMILES string of the molecule is Cc1ccc(C(=O)C(C)Sc2nnnn2CC2CCCO2)cc1. The van der Waals surface area contributed by atoms with Crippen LogP contribution in [-0.2, 0) is 11.3 Å². The van der Waals surface area contributed by atoms with Gasteiger partial charge in [-0.05, 0) is 37.1 Å². The van der Waals surface area contributed by atoms with Crippen LogP contribution in [0.1, 0.15) is 35.7 Å². The molecule has 1 aliphatic heterocycles. The van der Waals surface area contributed by atoms with E-state index in [2.05, 4.69) is 15.5 Å². The topological polar surface area (TPSA) is 69.9 Å². The lowest BCUT2D eigenvalue weighted by molar-refractivity contribution is 0.0911. The van der Waals surface area contributed by atoms with Crippen molar-refractivity contribution >= 4 is 17.5 Å². The molecule has 0 N–H and O–H groups in total. The van der Waals surface area contributed by atoms with Gasteiger partial charge >= 0.3 is 0 Å². The predicted octanol–water partition coefficient (Wildman–Crippen LogP) is 2.52. The molecule has 0 bridgehead atoms. The van der Waals surface area contributed by atoms with Crippen molar-refractivity contribution in [2.75, 3.05) is 6.61 Å². The molecule has 2 atom stereocenters. The summed E-state index contributed by atoms with van der Waals surface area (Å²) in [7, 11) is 0. The third-order valence-corrected chi connectivity index (χ3v) is 4.96. The lowest BCUT2D eigenvalue weighted by atomic mass is 10.1. The van der Waals surface area contributed by atoms with Crippen LogP contribution >= 0.6 is 11.8 Å². The Kier molecular flexibility index (Phi) is 5.07. The van der Waals surface area contributed by atoms with E-state index in [-0.39, 0.29) is 17.1 Å². The number of Topliss-reactive ketones (excluding diaryl/α,β-unsaturated/α-hetero) is 1. The number of rotatable bonds is 6. The first-order chi connectivity index (χ1) is 11.1. The summed E-state index contributed by atoms with van der Waals surface area (Å²) in [5, 5.41) is 12.2. The highest BCUT2D eigenvalue weighted by Crippen LogP contribution is 2.24. The average molecular weight is 332 g/mol. The Bertz CT molecular complexity index is 665. The van der Waals surface area contributed by atoms with E-state index < -0.39 is 0 Å². The highest BCUT2D eigenvalue weighted by molar-refractivity contribution is 8.00. The maximum absolute atomic E-state index is 12.5. The number of ether oxygens (including phenoxy) is 1. The van der Waals surface area contributed by atoms with Crippen LogP contribution in [0.4, 0.5) is 0 Å². The van der Waals surface area contributed by atoms with Crippen LogP contribution in [0.5, 0.6) is 0 Å². The van der Waals surface area contributed by atoms with Gasteiger partial charge in [0.05, 0.1) is 17.9 Å². The van der Waals surface area contributed by atoms with Crippen molar-refractivity contribution in [3.05, 3.63) is 35.4 Å². The largest absolute Gasteiger partial charge is 0.376 e. The highest BCUT2D eigenvalue weighted by atomic mass is 32.2. The minimum absolute atomic E-state index is 0.0849. The van der Waals surface area contributed by atoms with Gasteiger partial charge in [0.2, 0.25) is 5.16 Å². The summed E-state index contributed by atoms with van der Waals surface area (Å²) in [5.74, 6) is 0.0849. The molecule has 6 nitrogen and oxygen atoms in total. The van der Waals surface area contributed by atoms with E-state index in [4.69, 9.17) is 4.74 Å². The molecule has 1 aromatic carbocycles. The predicted molar refractivity (Wildman–Crippen MR) is 87.6 cm³/mol. The number of aromatic nitrogens is 4. The molecule has 0 saturated carbocycles. The number of aryl methyl sites for hydroxylation is 1. The molecule has 7 heteroatoms. The molecule has 23 heavy (non-hydrogen) atoms. The van der Waals surface area contributed by atoms with Crippen molar-refractivity contribution in [3.8, 4) is 0 Å². The fourth-order valence-electron chi connectivity index (χ4n) is 2.54. The molecule has 0 aliphatic carbocycles. The summed E-state index contributed by atoms with van der Waals surface area (Å²) in [6.07, 6.45) is 2.28. The number of ketones is 1. The summed E-state index contributed by atoms with van der Waals surface area (Å²) < 4.78 is 7.36. The number of benzene rings is 1. The molecule has 3 rings (SSSR count). The Balaban J connectivity index is 1.65. The number of thioether (sulfide) groups is 1. The van der Waals surface area contributed by atoms with Crippen molar-refractivity contribution in [1.29, 1.82) is 0 Å². The van der Waals surface area contributed by atoms with E-state index in [0.717, 1.165) is 25.0 Å². The summed E-state index contributed by atoms with van der Waals surface area (Å²) in [4.78, 5) is 12.5. The van der Waals surface area contributed by atoms with Crippen LogP contribution < -0.4 is 0 Å². The van der Waals surface area contributed by atoms with E-state index in [1.165, 1.54) is 11.8 Å². The van der Waals surface area contributed by atoms with Gasteiger partial charge in [0.15, 0.2) is 5.78 Å². The van der Waals surface area contributed by atoms with Crippen molar-refractivity contribution in [2.24, 2.45) is 0 Å². The van der Waals surface area contributed by atoms with Crippen LogP contribution in [0, 0.1) is 6.92 Å². The van der Waals surface area contributed by atoms with Gasteiger partial charge in [-0.25, -0.2) is 4.68 Å². The van der Waals surface area contributed by atoms with E-state index >= 15 is 0 Å². The molecule has 0 spiro atoms. The molecule has 0 radical (unpaired) electrons. The Morgan fingerprint density at radius 1 is 1.43 bits per heavy atom. The average Bonchev–Trinajstić information content (AvgIpc) is 3.20. The maximum atomic E-state index is 12.5. The molecular weight excluding hydrogens is 312 g/mol. The molecule has 1 fully saturated rings. The first-order valence-corrected chi connectivity index (χ1v) is 8.67. The number of nitrogens with zero attached hydrogens (tertiary/aromatic N) is 4. The van der Waals surface area contributed by atoms with Crippen molar-refractivity contribution in [3.63, 3.8) is 0 Å². The van der Waals surface area contributed by atoms with Gasteiger partial charge in [-0.1, -0.05) is 41.6 Å². The van der Waals surface area contributed by atoms with Gasteiger partial charge in [-0.2, -0.15) is 0 Å². The molecule has 0 amide bonds. The molecule has 122 valence electrons. The Labute approximate surface area is 139 Å². The third kappa shape index (κ3) is 3.97. The summed E-state index contributed by atoms with van der Waals surface area (Å²) >= 11 is 1.39. The lowest BCUT2D eigenvalue weighted by Crippen LogP contribution is -2.19. The summed E-state index contributed by atoms with van der Waals surface area (Å²) in [6, 6.07) is 7.63. The Morgan fingerprint density at radius 2 is 2.22 bits per heavy atom. The second kappa shape index (κ2) is 7.23. The Morgan fingerprint density at radius 3 is 2.91 bits per heavy atom. The summed E-state index contributed by atoms with van der Waals surface area (Å²) in [5.41, 5.74) is 1.86. The van der Waals surface area contributed by atoms with E-state index in [1.807, 2.05) is 38.1 Å². The van der Waals surface area contributed by atoms with Crippen LogP contribution in [0.25, 0.3) is 0 Å². The fraction of sp³-hybridized carbons (Fsp3) is 0.500. The zero-order valence-corrected chi connectivity index (χ0v) is 14.1. The normalized spacial score (nSPS) is 19.0. The third-order valence-electron chi connectivity index (χ3n) is 3.89. The monoisotopic (exact) mass is 332 g/mol. The standard InChI is InChI=1S/C16H20N4O2S/c1-11-5-7-13(8-6-11)15(21)12(2)23-16-17-18-19-20(16)10-14-4-3-9-22-14/h5-8,12,14H,3-4,9-10H2,1-2H3. The second-order valence-corrected chi connectivity index (χ2v) is 7.08. The minimum Gasteiger partial charge on any atom is -0.376 e. The van der Waals surface area contributed by atoms with Gasteiger partial charge < -0.3 is 4.74 Å². The maximum Gasteiger partial charge on any atom is 0.210 e. The van der Waals surface area contributed by atoms with Crippen LogP contribution in [0.3, 0.4) is 0 Å². The zero-order chi connectivity index (χ0) is 16.2. The fourth-order valence-corrected chi connectivity index (χ4v) is 3.42. The lowest BCUT2D eigenvalue weighted by Gasteiger charge is -2.12. The zero-order valence-electron chi connectivity index (χ0n) is 13.3. The number of hydrogen-bond donors (Lipinski definition) is 0. The van der Waals surface area contributed by atoms with Crippen LogP contribution in [0.15, 0.2) is 29.4 Å². The van der Waals surface area contributed by atoms with E-state index in [0.29, 0.717) is 17.3 Å². The van der Waals surface area contributed by atoms with Crippen molar-refractivity contribution in [1.82, 2.24) is 20.2 Å². The molecule has 1 aromatic heterocycles. The first kappa shape index (κ1) is 16.1. The second-order valence-electron chi connectivity index (χ2n) is 5.77. The first-order valence-electron chi connectivity index (χ1n) is 7.79. The number of carbonyl (C=O) groups excluding carboxylic acids is 1. The Hall–Kier alpha value is -1.73. The molecule has 1 saturated heterocycles. The highest BCUT2D eigenvalue weighted by Gasteiger charge is 2.22. The van der Waals surface area contributed by atoms with Crippen LogP contribution in [0.2, 0.25) is 0 Å². The van der Waals surface area contributed by atoms with Gasteiger partial charge in [-0.3, -0.25) is 4.79 Å². The van der Waals surface area contributed by atoms with Gasteiger partial charge in [0, 0.05) is 12.2 Å². The van der Waals surface area contributed by atoms with Gasteiger partial charge in [0.25, 0.3) is 0 Å². The molecule has 1 aliphatic rings. The summed E-state index contributed by atoms with van der Waals surface area (Å²) in [6.45, 7) is 5.34. The van der Waals surface area contributed by atoms with Gasteiger partial charge in [0.1, 0.15) is 0 Å². The molecule has 2 aromatic rings.